The lowest BCUT2D eigenvalue weighted by Gasteiger charge is -2.10. The van der Waals surface area contributed by atoms with Crippen molar-refractivity contribution in [3.63, 3.8) is 0 Å². The van der Waals surface area contributed by atoms with Gasteiger partial charge in [-0.3, -0.25) is 4.79 Å². The molecule has 1 rings (SSSR count). The van der Waals surface area contributed by atoms with Crippen LogP contribution in [0.5, 0.6) is 0 Å². The van der Waals surface area contributed by atoms with Crippen LogP contribution < -0.4 is 11.3 Å². The Morgan fingerprint density at radius 3 is 2.53 bits per heavy atom. The SMILES string of the molecule is Cc1nc(C(F)(F)F)c(CCN)c(=O)[nH]1. The third-order valence-corrected chi connectivity index (χ3v) is 1.80. The fraction of sp³-hybridized carbons (Fsp3) is 0.500. The molecule has 0 aromatic carbocycles. The molecule has 0 amide bonds. The average Bonchev–Trinajstić information content (AvgIpc) is 2.07. The highest BCUT2D eigenvalue weighted by Crippen LogP contribution is 2.28. The molecule has 0 unspecified atom stereocenters. The van der Waals surface area contributed by atoms with Crippen LogP contribution in [0.15, 0.2) is 4.79 Å². The summed E-state index contributed by atoms with van der Waals surface area (Å²) in [6, 6.07) is 0. The number of aryl methyl sites for hydroxylation is 1. The van der Waals surface area contributed by atoms with Gasteiger partial charge in [0.05, 0.1) is 0 Å². The van der Waals surface area contributed by atoms with Crippen LogP contribution >= 0.6 is 0 Å². The first-order chi connectivity index (χ1) is 6.86. The van der Waals surface area contributed by atoms with Crippen molar-refractivity contribution >= 4 is 0 Å². The van der Waals surface area contributed by atoms with Gasteiger partial charge in [0.15, 0.2) is 5.69 Å². The number of hydrogen-bond donors (Lipinski definition) is 2. The molecular weight excluding hydrogens is 211 g/mol. The van der Waals surface area contributed by atoms with Crippen molar-refractivity contribution in [2.75, 3.05) is 6.54 Å². The van der Waals surface area contributed by atoms with E-state index in [0.29, 0.717) is 0 Å². The van der Waals surface area contributed by atoms with Crippen molar-refractivity contribution in [1.82, 2.24) is 9.97 Å². The molecule has 84 valence electrons. The second kappa shape index (κ2) is 4.01. The van der Waals surface area contributed by atoms with Gasteiger partial charge < -0.3 is 10.7 Å². The quantitative estimate of drug-likeness (QED) is 0.768. The van der Waals surface area contributed by atoms with Crippen molar-refractivity contribution in [1.29, 1.82) is 0 Å². The Labute approximate surface area is 83.3 Å². The van der Waals surface area contributed by atoms with Gasteiger partial charge in [-0.25, -0.2) is 4.98 Å². The van der Waals surface area contributed by atoms with Crippen LogP contribution in [0.2, 0.25) is 0 Å². The van der Waals surface area contributed by atoms with Crippen molar-refractivity contribution in [3.05, 3.63) is 27.4 Å². The fourth-order valence-corrected chi connectivity index (χ4v) is 1.22. The lowest BCUT2D eigenvalue weighted by Crippen LogP contribution is -2.26. The summed E-state index contributed by atoms with van der Waals surface area (Å²) < 4.78 is 37.4. The van der Waals surface area contributed by atoms with Gasteiger partial charge in [0, 0.05) is 5.56 Å². The molecule has 7 heteroatoms. The average molecular weight is 221 g/mol. The lowest BCUT2D eigenvalue weighted by atomic mass is 10.1. The van der Waals surface area contributed by atoms with Gasteiger partial charge in [-0.05, 0) is 19.9 Å². The topological polar surface area (TPSA) is 71.8 Å². The van der Waals surface area contributed by atoms with Crippen LogP contribution in [0.3, 0.4) is 0 Å². The molecule has 0 saturated carbocycles. The highest BCUT2D eigenvalue weighted by molar-refractivity contribution is 5.21. The normalized spacial score (nSPS) is 11.8. The maximum absolute atomic E-state index is 12.5. The molecule has 0 bridgehead atoms. The molecule has 1 heterocycles. The number of alkyl halides is 3. The van der Waals surface area contributed by atoms with Crippen LogP contribution in [0.25, 0.3) is 0 Å². The van der Waals surface area contributed by atoms with E-state index >= 15 is 0 Å². The van der Waals surface area contributed by atoms with E-state index in [1.807, 2.05) is 0 Å². The van der Waals surface area contributed by atoms with E-state index in [1.165, 1.54) is 6.92 Å². The summed E-state index contributed by atoms with van der Waals surface area (Å²) in [5.74, 6) is -0.0619. The van der Waals surface area contributed by atoms with E-state index < -0.39 is 23.0 Å². The highest BCUT2D eigenvalue weighted by Gasteiger charge is 2.36. The van der Waals surface area contributed by atoms with Crippen molar-refractivity contribution in [3.8, 4) is 0 Å². The van der Waals surface area contributed by atoms with Crippen LogP contribution in [0.1, 0.15) is 17.1 Å². The maximum Gasteiger partial charge on any atom is 0.433 e. The monoisotopic (exact) mass is 221 g/mol. The third kappa shape index (κ3) is 2.56. The standard InChI is InChI=1S/C8H10F3N3O/c1-4-13-6(8(9,10)11)5(2-3-12)7(15)14-4/h2-3,12H2,1H3,(H,13,14,15). The molecule has 0 aliphatic heterocycles. The van der Waals surface area contributed by atoms with Crippen molar-refractivity contribution in [2.24, 2.45) is 5.73 Å². The molecule has 1 aromatic rings. The Morgan fingerprint density at radius 2 is 2.07 bits per heavy atom. The van der Waals surface area contributed by atoms with Gasteiger partial charge in [-0.1, -0.05) is 0 Å². The molecule has 0 aliphatic rings. The first-order valence-corrected chi connectivity index (χ1v) is 4.23. The lowest BCUT2D eigenvalue weighted by molar-refractivity contribution is -0.142. The number of halogens is 3. The zero-order valence-electron chi connectivity index (χ0n) is 7.98. The molecule has 0 spiro atoms. The Hall–Kier alpha value is -1.37. The van der Waals surface area contributed by atoms with E-state index in [2.05, 4.69) is 9.97 Å². The van der Waals surface area contributed by atoms with Gasteiger partial charge in [-0.2, -0.15) is 13.2 Å². The molecule has 1 aromatic heterocycles. The molecule has 3 N–H and O–H groups in total. The third-order valence-electron chi connectivity index (χ3n) is 1.80. The summed E-state index contributed by atoms with van der Waals surface area (Å²) in [4.78, 5) is 16.7. The number of rotatable bonds is 2. The molecule has 15 heavy (non-hydrogen) atoms. The number of hydrogen-bond acceptors (Lipinski definition) is 3. The first-order valence-electron chi connectivity index (χ1n) is 4.23. The van der Waals surface area contributed by atoms with Crippen LogP contribution in [0, 0.1) is 6.92 Å². The number of aromatic nitrogens is 2. The number of nitrogens with one attached hydrogen (secondary N) is 1. The number of aromatic amines is 1. The van der Waals surface area contributed by atoms with E-state index in [4.69, 9.17) is 5.73 Å². The summed E-state index contributed by atoms with van der Waals surface area (Å²) in [6.45, 7) is 1.26. The summed E-state index contributed by atoms with van der Waals surface area (Å²) in [5.41, 5.74) is 2.80. The van der Waals surface area contributed by atoms with Gasteiger partial charge >= 0.3 is 6.18 Å². The summed E-state index contributed by atoms with van der Waals surface area (Å²) in [5, 5.41) is 0. The minimum Gasteiger partial charge on any atom is -0.330 e. The highest BCUT2D eigenvalue weighted by atomic mass is 19.4. The molecule has 0 radical (unpaired) electrons. The summed E-state index contributed by atoms with van der Waals surface area (Å²) in [7, 11) is 0. The molecular formula is C8H10F3N3O. The molecule has 0 fully saturated rings. The van der Waals surface area contributed by atoms with E-state index in [-0.39, 0.29) is 18.8 Å². The minimum atomic E-state index is -4.62. The van der Waals surface area contributed by atoms with Crippen molar-refractivity contribution in [2.45, 2.75) is 19.5 Å². The molecule has 0 saturated heterocycles. The summed E-state index contributed by atoms with van der Waals surface area (Å²) in [6.07, 6.45) is -4.76. The second-order valence-corrected chi connectivity index (χ2v) is 3.01. The van der Waals surface area contributed by atoms with E-state index in [9.17, 15) is 18.0 Å². The summed E-state index contributed by atoms with van der Waals surface area (Å²) >= 11 is 0. The number of H-pyrrole nitrogens is 1. The maximum atomic E-state index is 12.5. The van der Waals surface area contributed by atoms with Crippen molar-refractivity contribution < 1.29 is 13.2 Å². The minimum absolute atomic E-state index is 0.0309. The predicted molar refractivity (Wildman–Crippen MR) is 47.4 cm³/mol. The molecule has 4 nitrogen and oxygen atoms in total. The van der Waals surface area contributed by atoms with Gasteiger partial charge in [-0.15, -0.1) is 0 Å². The Kier molecular flexibility index (Phi) is 3.13. The van der Waals surface area contributed by atoms with Gasteiger partial charge in [0.2, 0.25) is 0 Å². The number of nitrogens with zero attached hydrogens (tertiary/aromatic N) is 1. The molecule has 0 atom stereocenters. The van der Waals surface area contributed by atoms with Gasteiger partial charge in [0.25, 0.3) is 5.56 Å². The Bertz CT molecular complexity index is 411. The van der Waals surface area contributed by atoms with Crippen LogP contribution in [-0.2, 0) is 12.6 Å². The number of nitrogens with two attached hydrogens (primary N) is 1. The zero-order valence-corrected chi connectivity index (χ0v) is 7.98. The molecule has 0 aliphatic carbocycles. The second-order valence-electron chi connectivity index (χ2n) is 3.01. The zero-order chi connectivity index (χ0) is 11.6. The van der Waals surface area contributed by atoms with Gasteiger partial charge in [0.1, 0.15) is 5.82 Å². The first kappa shape index (κ1) is 11.7. The van der Waals surface area contributed by atoms with E-state index in [0.717, 1.165) is 0 Å². The van der Waals surface area contributed by atoms with E-state index in [1.54, 1.807) is 0 Å². The van der Waals surface area contributed by atoms with Crippen LogP contribution in [0.4, 0.5) is 13.2 Å². The fourth-order valence-electron chi connectivity index (χ4n) is 1.22. The largest absolute Gasteiger partial charge is 0.433 e. The Balaban J connectivity index is 3.40. The van der Waals surface area contributed by atoms with Crippen LogP contribution in [-0.4, -0.2) is 16.5 Å². The Morgan fingerprint density at radius 1 is 1.47 bits per heavy atom. The smallest absolute Gasteiger partial charge is 0.330 e. The predicted octanol–water partition coefficient (Wildman–Crippen LogP) is 0.598.